The molecule has 0 aliphatic carbocycles. The van der Waals surface area contributed by atoms with E-state index < -0.39 is 0 Å². The Labute approximate surface area is 117 Å². The molecule has 0 aliphatic rings. The van der Waals surface area contributed by atoms with E-state index in [4.69, 9.17) is 4.74 Å². The summed E-state index contributed by atoms with van der Waals surface area (Å²) in [7, 11) is 0. The molecule has 0 aliphatic heterocycles. The zero-order chi connectivity index (χ0) is 13.5. The van der Waals surface area contributed by atoms with Gasteiger partial charge in [-0.2, -0.15) is 0 Å². The van der Waals surface area contributed by atoms with E-state index in [1.807, 2.05) is 0 Å². The molecule has 0 radical (unpaired) electrons. The first-order valence-corrected chi connectivity index (χ1v) is 7.16. The monoisotopic (exact) mass is 317 g/mol. The Balaban J connectivity index is 2.67. The second kappa shape index (κ2) is 7.74. The third-order valence-corrected chi connectivity index (χ3v) is 3.18. The van der Waals surface area contributed by atoms with Crippen LogP contribution >= 0.6 is 15.9 Å². The molecule has 1 rings (SSSR count). The smallest absolute Gasteiger partial charge is 0.165 e. The molecule has 1 N–H and O–H groups in total. The number of ether oxygens (including phenoxy) is 1. The molecule has 18 heavy (non-hydrogen) atoms. The zero-order valence-corrected chi connectivity index (χ0v) is 12.8. The highest BCUT2D eigenvalue weighted by atomic mass is 79.9. The number of benzene rings is 1. The Morgan fingerprint density at radius 2 is 2.11 bits per heavy atom. The molecule has 1 aromatic rings. The van der Waals surface area contributed by atoms with Crippen molar-refractivity contribution in [2.24, 2.45) is 5.92 Å². The summed E-state index contributed by atoms with van der Waals surface area (Å²) in [6.07, 6.45) is 1.05. The third kappa shape index (κ3) is 4.94. The van der Waals surface area contributed by atoms with Gasteiger partial charge < -0.3 is 10.1 Å². The maximum absolute atomic E-state index is 13.6. The molecule has 4 heteroatoms. The van der Waals surface area contributed by atoms with Gasteiger partial charge in [0, 0.05) is 11.0 Å². The van der Waals surface area contributed by atoms with Gasteiger partial charge in [0.15, 0.2) is 11.6 Å². The van der Waals surface area contributed by atoms with Gasteiger partial charge in [0.25, 0.3) is 0 Å². The molecule has 0 spiro atoms. The summed E-state index contributed by atoms with van der Waals surface area (Å²) in [6.45, 7) is 7.96. The van der Waals surface area contributed by atoms with Crippen LogP contribution in [0.15, 0.2) is 22.7 Å². The molecule has 1 unspecified atom stereocenters. The minimum Gasteiger partial charge on any atom is -0.486 e. The molecule has 1 atom stereocenters. The van der Waals surface area contributed by atoms with Gasteiger partial charge in [-0.15, -0.1) is 0 Å². The summed E-state index contributed by atoms with van der Waals surface area (Å²) >= 11 is 3.32. The van der Waals surface area contributed by atoms with Gasteiger partial charge in [-0.1, -0.05) is 36.7 Å². The molecule has 0 saturated heterocycles. The lowest BCUT2D eigenvalue weighted by Gasteiger charge is -2.23. The summed E-state index contributed by atoms with van der Waals surface area (Å²) in [5.41, 5.74) is 0. The van der Waals surface area contributed by atoms with Crippen LogP contribution in [-0.4, -0.2) is 19.2 Å². The fraction of sp³-hybridized carbons (Fsp3) is 0.571. The SMILES string of the molecule is CCCNCC(Oc1cc(Br)ccc1F)C(C)C. The molecule has 102 valence electrons. The van der Waals surface area contributed by atoms with Crippen molar-refractivity contribution in [2.75, 3.05) is 13.1 Å². The summed E-state index contributed by atoms with van der Waals surface area (Å²) in [5, 5.41) is 3.31. The topological polar surface area (TPSA) is 21.3 Å². The first kappa shape index (κ1) is 15.4. The minimum atomic E-state index is -0.320. The van der Waals surface area contributed by atoms with Crippen molar-refractivity contribution in [3.8, 4) is 5.75 Å². The van der Waals surface area contributed by atoms with Gasteiger partial charge in [0.1, 0.15) is 6.10 Å². The second-order valence-electron chi connectivity index (χ2n) is 4.68. The van der Waals surface area contributed by atoms with Crippen molar-refractivity contribution < 1.29 is 9.13 Å². The van der Waals surface area contributed by atoms with Crippen LogP contribution in [0, 0.1) is 11.7 Å². The Bertz CT molecular complexity index is 371. The van der Waals surface area contributed by atoms with Gasteiger partial charge in [0.2, 0.25) is 0 Å². The second-order valence-corrected chi connectivity index (χ2v) is 5.59. The van der Waals surface area contributed by atoms with Crippen LogP contribution in [0.2, 0.25) is 0 Å². The molecule has 0 amide bonds. The van der Waals surface area contributed by atoms with E-state index in [1.165, 1.54) is 6.07 Å². The van der Waals surface area contributed by atoms with Crippen molar-refractivity contribution in [3.05, 3.63) is 28.5 Å². The van der Waals surface area contributed by atoms with E-state index in [9.17, 15) is 4.39 Å². The molecule has 0 saturated carbocycles. The average Bonchev–Trinajstić information content (AvgIpc) is 2.32. The lowest BCUT2D eigenvalue weighted by molar-refractivity contribution is 0.143. The molecular formula is C14H21BrFNO. The number of halogens is 2. The van der Waals surface area contributed by atoms with Crippen molar-refractivity contribution in [3.63, 3.8) is 0 Å². The highest BCUT2D eigenvalue weighted by Gasteiger charge is 2.17. The van der Waals surface area contributed by atoms with Crippen LogP contribution < -0.4 is 10.1 Å². The van der Waals surface area contributed by atoms with Gasteiger partial charge in [-0.25, -0.2) is 4.39 Å². The first-order chi connectivity index (χ1) is 8.54. The Hall–Kier alpha value is -0.610. The van der Waals surface area contributed by atoms with Gasteiger partial charge in [-0.3, -0.25) is 0 Å². The molecule has 0 heterocycles. The number of nitrogens with one attached hydrogen (secondary N) is 1. The highest BCUT2D eigenvalue weighted by Crippen LogP contribution is 2.24. The van der Waals surface area contributed by atoms with Crippen LogP contribution in [-0.2, 0) is 0 Å². The number of hydrogen-bond acceptors (Lipinski definition) is 2. The van der Waals surface area contributed by atoms with E-state index in [0.29, 0.717) is 11.7 Å². The van der Waals surface area contributed by atoms with Crippen molar-refractivity contribution in [2.45, 2.75) is 33.3 Å². The van der Waals surface area contributed by atoms with Crippen molar-refractivity contribution in [1.29, 1.82) is 0 Å². The van der Waals surface area contributed by atoms with Gasteiger partial charge >= 0.3 is 0 Å². The maximum atomic E-state index is 13.6. The Morgan fingerprint density at radius 3 is 2.72 bits per heavy atom. The fourth-order valence-electron chi connectivity index (χ4n) is 1.57. The summed E-state index contributed by atoms with van der Waals surface area (Å²) in [4.78, 5) is 0. The van der Waals surface area contributed by atoms with E-state index >= 15 is 0 Å². The van der Waals surface area contributed by atoms with Crippen LogP contribution in [0.25, 0.3) is 0 Å². The minimum absolute atomic E-state index is 0.0275. The Kier molecular flexibility index (Phi) is 6.65. The molecular weight excluding hydrogens is 297 g/mol. The predicted octanol–water partition coefficient (Wildman–Crippen LogP) is 3.99. The lowest BCUT2D eigenvalue weighted by Crippen LogP contribution is -2.36. The number of hydrogen-bond donors (Lipinski definition) is 1. The normalized spacial score (nSPS) is 12.8. The van der Waals surface area contributed by atoms with Crippen LogP contribution in [0.1, 0.15) is 27.2 Å². The molecule has 0 fully saturated rings. The van der Waals surface area contributed by atoms with E-state index in [2.05, 4.69) is 42.0 Å². The van der Waals surface area contributed by atoms with E-state index in [0.717, 1.165) is 24.0 Å². The molecule has 0 aromatic heterocycles. The molecule has 2 nitrogen and oxygen atoms in total. The summed E-state index contributed by atoms with van der Waals surface area (Å²) in [6, 6.07) is 4.75. The average molecular weight is 318 g/mol. The van der Waals surface area contributed by atoms with Crippen molar-refractivity contribution >= 4 is 15.9 Å². The van der Waals surface area contributed by atoms with Crippen molar-refractivity contribution in [1.82, 2.24) is 5.32 Å². The van der Waals surface area contributed by atoms with Gasteiger partial charge in [-0.05, 0) is 37.1 Å². The Morgan fingerprint density at radius 1 is 1.39 bits per heavy atom. The summed E-state index contributed by atoms with van der Waals surface area (Å²) < 4.78 is 20.2. The van der Waals surface area contributed by atoms with Crippen LogP contribution in [0.4, 0.5) is 4.39 Å². The maximum Gasteiger partial charge on any atom is 0.165 e. The van der Waals surface area contributed by atoms with Crippen LogP contribution in [0.5, 0.6) is 5.75 Å². The molecule has 1 aromatic carbocycles. The third-order valence-electron chi connectivity index (χ3n) is 2.69. The highest BCUT2D eigenvalue weighted by molar-refractivity contribution is 9.10. The van der Waals surface area contributed by atoms with E-state index in [-0.39, 0.29) is 11.9 Å². The zero-order valence-electron chi connectivity index (χ0n) is 11.2. The first-order valence-electron chi connectivity index (χ1n) is 6.37. The standard InChI is InChI=1S/C14H21BrFNO/c1-4-7-17-9-14(10(2)3)18-13-8-11(15)5-6-12(13)16/h5-6,8,10,14,17H,4,7,9H2,1-3H3. The van der Waals surface area contributed by atoms with E-state index in [1.54, 1.807) is 12.1 Å². The van der Waals surface area contributed by atoms with Gasteiger partial charge in [0.05, 0.1) is 0 Å². The summed E-state index contributed by atoms with van der Waals surface area (Å²) in [5.74, 6) is 0.313. The molecule has 0 bridgehead atoms. The quantitative estimate of drug-likeness (QED) is 0.768. The largest absolute Gasteiger partial charge is 0.486 e. The lowest BCUT2D eigenvalue weighted by atomic mass is 10.1. The predicted molar refractivity (Wildman–Crippen MR) is 76.5 cm³/mol. The van der Waals surface area contributed by atoms with Crippen LogP contribution in [0.3, 0.4) is 0 Å². The fourth-order valence-corrected chi connectivity index (χ4v) is 1.91. The number of rotatable bonds is 7.